The fraction of sp³-hybridized carbons (Fsp3) is 0.250. The van der Waals surface area contributed by atoms with E-state index in [1.54, 1.807) is 25.3 Å². The summed E-state index contributed by atoms with van der Waals surface area (Å²) in [6.07, 6.45) is 5.23. The van der Waals surface area contributed by atoms with Crippen molar-refractivity contribution < 1.29 is 14.3 Å². The molecule has 0 fully saturated rings. The zero-order valence-corrected chi connectivity index (χ0v) is 16.7. The molecule has 29 heavy (non-hydrogen) atoms. The maximum absolute atomic E-state index is 12.9. The average molecular weight is 388 g/mol. The zero-order chi connectivity index (χ0) is 20.4. The molecule has 1 N–H and O–H groups in total. The molecule has 0 bridgehead atoms. The number of aromatic nitrogens is 1. The quantitative estimate of drug-likeness (QED) is 0.665. The fourth-order valence-electron chi connectivity index (χ4n) is 3.89. The lowest BCUT2D eigenvalue weighted by Gasteiger charge is -2.27. The van der Waals surface area contributed by atoms with Crippen LogP contribution in [0.15, 0.2) is 54.7 Å². The highest BCUT2D eigenvalue weighted by Gasteiger charge is 2.21. The number of para-hydroxylation sites is 1. The Kier molecular flexibility index (Phi) is 5.21. The number of hydrogen-bond acceptors (Lipinski definition) is 3. The lowest BCUT2D eigenvalue weighted by Crippen LogP contribution is -2.35. The molecule has 3 aromatic rings. The van der Waals surface area contributed by atoms with Crippen molar-refractivity contribution in [3.8, 4) is 5.75 Å². The predicted octanol–water partition coefficient (Wildman–Crippen LogP) is 4.24. The van der Waals surface area contributed by atoms with Crippen LogP contribution in [0.2, 0.25) is 0 Å². The van der Waals surface area contributed by atoms with Crippen molar-refractivity contribution in [2.45, 2.75) is 19.8 Å². The summed E-state index contributed by atoms with van der Waals surface area (Å²) in [7, 11) is 1.58. The Morgan fingerprint density at radius 1 is 1.17 bits per heavy atom. The van der Waals surface area contributed by atoms with Gasteiger partial charge < -0.3 is 14.6 Å². The Balaban J connectivity index is 1.49. The van der Waals surface area contributed by atoms with E-state index < -0.39 is 0 Å². The number of H-pyrrole nitrogens is 1. The molecular formula is C24H24N2O3. The number of fused-ring (bicyclic) bond motifs is 1. The van der Waals surface area contributed by atoms with Crippen molar-refractivity contribution in [1.29, 1.82) is 0 Å². The number of benzene rings is 2. The minimum atomic E-state index is -0.0226. The van der Waals surface area contributed by atoms with Crippen LogP contribution in [-0.2, 0) is 11.2 Å². The number of aromatic amines is 1. The summed E-state index contributed by atoms with van der Waals surface area (Å²) in [4.78, 5) is 29.7. The molecule has 4 rings (SSSR count). The number of Topliss-reactive ketones (excluding diaryl/α,β-unsaturated/α-hetero) is 1. The number of nitrogens with one attached hydrogen (secondary N) is 1. The summed E-state index contributed by atoms with van der Waals surface area (Å²) >= 11 is 0. The van der Waals surface area contributed by atoms with Gasteiger partial charge in [-0.1, -0.05) is 24.3 Å². The van der Waals surface area contributed by atoms with E-state index in [9.17, 15) is 9.59 Å². The van der Waals surface area contributed by atoms with Crippen LogP contribution in [0.5, 0.6) is 5.75 Å². The molecule has 2 aromatic carbocycles. The lowest BCUT2D eigenvalue weighted by molar-refractivity contribution is -0.130. The van der Waals surface area contributed by atoms with Gasteiger partial charge in [0.05, 0.1) is 13.5 Å². The third kappa shape index (κ3) is 3.81. The largest absolute Gasteiger partial charge is 0.496 e. The number of amides is 1. The normalized spacial score (nSPS) is 14.0. The van der Waals surface area contributed by atoms with E-state index in [1.165, 1.54) is 23.4 Å². The van der Waals surface area contributed by atoms with E-state index in [4.69, 9.17) is 4.74 Å². The van der Waals surface area contributed by atoms with Gasteiger partial charge in [0.15, 0.2) is 5.78 Å². The summed E-state index contributed by atoms with van der Waals surface area (Å²) in [6.45, 7) is 2.79. The number of methoxy groups -OCH3 is 1. The molecule has 1 amide bonds. The van der Waals surface area contributed by atoms with Gasteiger partial charge in [-0.2, -0.15) is 0 Å². The number of ketones is 1. The highest BCUT2D eigenvalue weighted by atomic mass is 16.5. The van der Waals surface area contributed by atoms with Gasteiger partial charge in [0.2, 0.25) is 5.91 Å². The molecule has 0 unspecified atom stereocenters. The van der Waals surface area contributed by atoms with E-state index in [2.05, 4.69) is 23.2 Å². The third-order valence-corrected chi connectivity index (χ3v) is 5.53. The van der Waals surface area contributed by atoms with Gasteiger partial charge in [0, 0.05) is 46.9 Å². The van der Waals surface area contributed by atoms with Crippen LogP contribution in [0.3, 0.4) is 0 Å². The molecule has 5 nitrogen and oxygen atoms in total. The first-order valence-electron chi connectivity index (χ1n) is 9.78. The number of carbonyl (C=O) groups is 2. The van der Waals surface area contributed by atoms with Crippen molar-refractivity contribution >= 4 is 28.2 Å². The minimum Gasteiger partial charge on any atom is -0.496 e. The van der Waals surface area contributed by atoms with Crippen LogP contribution >= 0.6 is 0 Å². The maximum Gasteiger partial charge on any atom is 0.227 e. The second-order valence-corrected chi connectivity index (χ2v) is 7.33. The standard InChI is InChI=1S/C24H24N2O3/c1-16(27)18-7-8-23(29-2)19(13-18)14-24(28)26-11-9-17(10-12-26)21-15-25-22-6-4-3-5-20(21)22/h3-9,13,15,25H,10-12,14H2,1-2H3. The number of ether oxygens (including phenoxy) is 1. The average Bonchev–Trinajstić information content (AvgIpc) is 3.18. The van der Waals surface area contributed by atoms with Crippen LogP contribution in [0.25, 0.3) is 16.5 Å². The number of hydrogen-bond donors (Lipinski definition) is 1. The summed E-state index contributed by atoms with van der Waals surface area (Å²) < 4.78 is 5.38. The molecule has 0 saturated heterocycles. The van der Waals surface area contributed by atoms with Crippen LogP contribution in [0.4, 0.5) is 0 Å². The summed E-state index contributed by atoms with van der Waals surface area (Å²) in [5, 5.41) is 1.21. The van der Waals surface area contributed by atoms with Gasteiger partial charge >= 0.3 is 0 Å². The second kappa shape index (κ2) is 7.95. The number of rotatable bonds is 5. The molecule has 1 aliphatic heterocycles. The van der Waals surface area contributed by atoms with Gasteiger partial charge in [0.1, 0.15) is 5.75 Å². The lowest BCUT2D eigenvalue weighted by atomic mass is 9.98. The maximum atomic E-state index is 12.9. The highest BCUT2D eigenvalue weighted by molar-refractivity contribution is 5.95. The van der Waals surface area contributed by atoms with E-state index in [1.807, 2.05) is 23.2 Å². The number of nitrogens with zero attached hydrogens (tertiary/aromatic N) is 1. The first-order valence-corrected chi connectivity index (χ1v) is 9.78. The van der Waals surface area contributed by atoms with Gasteiger partial charge in [-0.25, -0.2) is 0 Å². The molecule has 5 heteroatoms. The van der Waals surface area contributed by atoms with Crippen molar-refractivity contribution in [3.63, 3.8) is 0 Å². The Labute approximate surface area is 170 Å². The summed E-state index contributed by atoms with van der Waals surface area (Å²) in [6, 6.07) is 13.5. The summed E-state index contributed by atoms with van der Waals surface area (Å²) in [5.41, 5.74) is 4.94. The van der Waals surface area contributed by atoms with Gasteiger partial charge in [0.25, 0.3) is 0 Å². The van der Waals surface area contributed by atoms with E-state index >= 15 is 0 Å². The van der Waals surface area contributed by atoms with Gasteiger partial charge in [-0.05, 0) is 43.2 Å². The van der Waals surface area contributed by atoms with Crippen LogP contribution in [0.1, 0.15) is 34.8 Å². The first-order chi connectivity index (χ1) is 14.1. The molecule has 0 spiro atoms. The summed E-state index contributed by atoms with van der Waals surface area (Å²) in [5.74, 6) is 0.652. The molecular weight excluding hydrogens is 364 g/mol. The SMILES string of the molecule is COc1ccc(C(C)=O)cc1CC(=O)N1CC=C(c2c[nH]c3ccccc23)CC1. The molecule has 2 heterocycles. The van der Waals surface area contributed by atoms with Gasteiger partial charge in [-0.15, -0.1) is 0 Å². The minimum absolute atomic E-state index is 0.0226. The highest BCUT2D eigenvalue weighted by Crippen LogP contribution is 2.29. The van der Waals surface area contributed by atoms with Crippen LogP contribution < -0.4 is 4.74 Å². The van der Waals surface area contributed by atoms with Crippen LogP contribution in [-0.4, -0.2) is 41.8 Å². The van der Waals surface area contributed by atoms with Gasteiger partial charge in [-0.3, -0.25) is 9.59 Å². The first kappa shape index (κ1) is 19.0. The third-order valence-electron chi connectivity index (χ3n) is 5.53. The second-order valence-electron chi connectivity index (χ2n) is 7.33. The molecule has 0 saturated carbocycles. The Morgan fingerprint density at radius 3 is 2.72 bits per heavy atom. The Morgan fingerprint density at radius 2 is 2.00 bits per heavy atom. The molecule has 1 aliphatic rings. The smallest absolute Gasteiger partial charge is 0.227 e. The zero-order valence-electron chi connectivity index (χ0n) is 16.7. The van der Waals surface area contributed by atoms with E-state index in [0.29, 0.717) is 24.4 Å². The van der Waals surface area contributed by atoms with E-state index in [0.717, 1.165) is 17.5 Å². The van der Waals surface area contributed by atoms with E-state index in [-0.39, 0.29) is 18.1 Å². The Bertz CT molecular complexity index is 1110. The monoisotopic (exact) mass is 388 g/mol. The fourth-order valence-corrected chi connectivity index (χ4v) is 3.89. The van der Waals surface area contributed by atoms with Crippen molar-refractivity contribution in [2.24, 2.45) is 0 Å². The van der Waals surface area contributed by atoms with Crippen molar-refractivity contribution in [2.75, 3.05) is 20.2 Å². The van der Waals surface area contributed by atoms with Crippen molar-refractivity contribution in [3.05, 3.63) is 71.4 Å². The predicted molar refractivity (Wildman–Crippen MR) is 114 cm³/mol. The van der Waals surface area contributed by atoms with Crippen molar-refractivity contribution in [1.82, 2.24) is 9.88 Å². The topological polar surface area (TPSA) is 62.4 Å². The molecule has 148 valence electrons. The molecule has 1 aromatic heterocycles. The molecule has 0 atom stereocenters. The molecule has 0 aliphatic carbocycles. The number of carbonyl (C=O) groups excluding carboxylic acids is 2. The van der Waals surface area contributed by atoms with Crippen LogP contribution in [0, 0.1) is 0 Å². The Hall–Kier alpha value is -3.34. The molecule has 0 radical (unpaired) electrons.